The number of anilines is 1. The maximum Gasteiger partial charge on any atom is 0.246 e. The standard InChI is InChI=1S/C26H38N4O2S/c1-27-26(31)23-11-13-30(14-12-23)33-25-9-5-22(6-10-25)21-3-7-24(8-4-21)29-17-15-28(16-18-29)19-20-32-2/h3-5,7-9,11,22,25H,6,10,12-20H2,1-2H3,(H,27,31). The third-order valence-electron chi connectivity index (χ3n) is 6.97. The molecular weight excluding hydrogens is 432 g/mol. The van der Waals surface area contributed by atoms with E-state index in [0.29, 0.717) is 11.2 Å². The number of carbonyl (C=O) groups excluding carboxylic acids is 1. The van der Waals surface area contributed by atoms with Crippen molar-refractivity contribution >= 4 is 23.5 Å². The quantitative estimate of drug-likeness (QED) is 0.465. The lowest BCUT2D eigenvalue weighted by Gasteiger charge is -2.36. The number of benzene rings is 1. The number of piperazine rings is 1. The van der Waals surface area contributed by atoms with Gasteiger partial charge in [-0.1, -0.05) is 42.3 Å². The molecule has 2 atom stereocenters. The van der Waals surface area contributed by atoms with Crippen molar-refractivity contribution in [3.8, 4) is 0 Å². The second-order valence-electron chi connectivity index (χ2n) is 9.07. The maximum atomic E-state index is 11.8. The van der Waals surface area contributed by atoms with Gasteiger partial charge in [0, 0.05) is 82.4 Å². The monoisotopic (exact) mass is 470 g/mol. The number of carbonyl (C=O) groups is 1. The molecule has 2 heterocycles. The zero-order valence-corrected chi connectivity index (χ0v) is 20.9. The van der Waals surface area contributed by atoms with Gasteiger partial charge in [0.1, 0.15) is 0 Å². The van der Waals surface area contributed by atoms with E-state index in [1.54, 1.807) is 14.2 Å². The molecule has 0 radical (unpaired) electrons. The van der Waals surface area contributed by atoms with Crippen LogP contribution in [0.15, 0.2) is 48.1 Å². The van der Waals surface area contributed by atoms with E-state index in [4.69, 9.17) is 4.74 Å². The summed E-state index contributed by atoms with van der Waals surface area (Å²) in [6, 6.07) is 9.26. The number of hydrogen-bond acceptors (Lipinski definition) is 6. The lowest BCUT2D eigenvalue weighted by molar-refractivity contribution is -0.117. The topological polar surface area (TPSA) is 48.1 Å². The summed E-state index contributed by atoms with van der Waals surface area (Å²) >= 11 is 1.94. The summed E-state index contributed by atoms with van der Waals surface area (Å²) in [5.74, 6) is 0.582. The third kappa shape index (κ3) is 6.63. The van der Waals surface area contributed by atoms with E-state index < -0.39 is 0 Å². The van der Waals surface area contributed by atoms with E-state index in [1.165, 1.54) is 24.1 Å². The minimum absolute atomic E-state index is 0.0652. The van der Waals surface area contributed by atoms with Gasteiger partial charge in [0.05, 0.1) is 6.61 Å². The van der Waals surface area contributed by atoms with Crippen LogP contribution in [0.3, 0.4) is 0 Å². The highest BCUT2D eigenvalue weighted by atomic mass is 32.2. The normalized spacial score (nSPS) is 24.5. The van der Waals surface area contributed by atoms with Crippen molar-refractivity contribution in [1.29, 1.82) is 0 Å². The van der Waals surface area contributed by atoms with Crippen LogP contribution in [-0.4, -0.2) is 86.9 Å². The number of amides is 1. The Hall–Kier alpha value is -1.80. The Morgan fingerprint density at radius 3 is 2.48 bits per heavy atom. The van der Waals surface area contributed by atoms with Crippen molar-refractivity contribution in [3.05, 3.63) is 53.6 Å². The number of methoxy groups -OCH3 is 1. The number of hydrogen-bond donors (Lipinski definition) is 1. The summed E-state index contributed by atoms with van der Waals surface area (Å²) in [4.78, 5) is 16.8. The van der Waals surface area contributed by atoms with Gasteiger partial charge in [-0.15, -0.1) is 0 Å². The molecule has 1 N–H and O–H groups in total. The Bertz CT molecular complexity index is 833. The van der Waals surface area contributed by atoms with E-state index in [1.807, 2.05) is 11.9 Å². The van der Waals surface area contributed by atoms with Crippen molar-refractivity contribution in [2.24, 2.45) is 0 Å². The van der Waals surface area contributed by atoms with Gasteiger partial charge < -0.3 is 15.0 Å². The molecule has 1 aromatic carbocycles. The molecule has 4 rings (SSSR count). The highest BCUT2D eigenvalue weighted by Gasteiger charge is 2.23. The molecule has 0 spiro atoms. The smallest absolute Gasteiger partial charge is 0.246 e. The molecular formula is C26H38N4O2S. The molecule has 1 aliphatic carbocycles. The number of nitrogens with zero attached hydrogens (tertiary/aromatic N) is 3. The number of allylic oxidation sites excluding steroid dienone is 1. The SMILES string of the molecule is CNC(=O)C1=CCN(SC2C=CC(c3ccc(N4CCN(CCOC)CC4)cc3)CC2)CC1. The molecule has 1 aromatic rings. The maximum absolute atomic E-state index is 11.8. The van der Waals surface area contributed by atoms with Gasteiger partial charge in [0.15, 0.2) is 0 Å². The lowest BCUT2D eigenvalue weighted by Crippen LogP contribution is -2.47. The largest absolute Gasteiger partial charge is 0.383 e. The number of likely N-dealkylation sites (N-methyl/N-ethyl adjacent to an activating group) is 1. The first-order valence-electron chi connectivity index (χ1n) is 12.2. The molecule has 1 amide bonds. The van der Waals surface area contributed by atoms with Gasteiger partial charge in [-0.2, -0.15) is 0 Å². The molecule has 0 bridgehead atoms. The average Bonchev–Trinajstić information content (AvgIpc) is 2.88. The van der Waals surface area contributed by atoms with E-state index in [9.17, 15) is 4.79 Å². The molecule has 2 unspecified atom stereocenters. The van der Waals surface area contributed by atoms with E-state index in [0.717, 1.165) is 64.4 Å². The predicted molar refractivity (Wildman–Crippen MR) is 138 cm³/mol. The van der Waals surface area contributed by atoms with Crippen LogP contribution in [0.1, 0.15) is 30.7 Å². The molecule has 33 heavy (non-hydrogen) atoms. The van der Waals surface area contributed by atoms with Crippen LogP contribution in [0.25, 0.3) is 0 Å². The first-order chi connectivity index (χ1) is 16.2. The number of nitrogens with one attached hydrogen (secondary N) is 1. The van der Waals surface area contributed by atoms with Gasteiger partial charge >= 0.3 is 0 Å². The zero-order valence-electron chi connectivity index (χ0n) is 20.0. The second-order valence-corrected chi connectivity index (χ2v) is 10.4. The molecule has 0 aromatic heterocycles. The highest BCUT2D eigenvalue weighted by molar-refractivity contribution is 7.97. The van der Waals surface area contributed by atoms with Gasteiger partial charge in [-0.05, 0) is 37.0 Å². The van der Waals surface area contributed by atoms with Gasteiger partial charge in [0.25, 0.3) is 0 Å². The zero-order chi connectivity index (χ0) is 23.0. The number of ether oxygens (including phenoxy) is 1. The minimum Gasteiger partial charge on any atom is -0.383 e. The molecule has 0 saturated carbocycles. The fourth-order valence-corrected chi connectivity index (χ4v) is 5.99. The Morgan fingerprint density at radius 2 is 1.88 bits per heavy atom. The van der Waals surface area contributed by atoms with Gasteiger partial charge in [-0.25, -0.2) is 4.31 Å². The summed E-state index contributed by atoms with van der Waals surface area (Å²) in [5, 5.41) is 3.26. The summed E-state index contributed by atoms with van der Waals surface area (Å²) in [6.45, 7) is 8.02. The lowest BCUT2D eigenvalue weighted by atomic mass is 9.89. The van der Waals surface area contributed by atoms with Crippen LogP contribution in [0.2, 0.25) is 0 Å². The summed E-state index contributed by atoms with van der Waals surface area (Å²) in [7, 11) is 3.47. The van der Waals surface area contributed by atoms with E-state index in [-0.39, 0.29) is 5.91 Å². The second kappa shape index (κ2) is 12.1. The van der Waals surface area contributed by atoms with Crippen molar-refractivity contribution < 1.29 is 9.53 Å². The molecule has 3 aliphatic rings. The predicted octanol–water partition coefficient (Wildman–Crippen LogP) is 3.28. The van der Waals surface area contributed by atoms with E-state index >= 15 is 0 Å². The number of rotatable bonds is 8. The fraction of sp³-hybridized carbons (Fsp3) is 0.577. The Morgan fingerprint density at radius 1 is 1.09 bits per heavy atom. The Labute approximate surface area is 203 Å². The molecule has 1 saturated heterocycles. The Kier molecular flexibility index (Phi) is 8.89. The van der Waals surface area contributed by atoms with E-state index in [2.05, 4.69) is 61.9 Å². The first kappa shape index (κ1) is 24.3. The van der Waals surface area contributed by atoms with Crippen LogP contribution in [0.5, 0.6) is 0 Å². The summed E-state index contributed by atoms with van der Waals surface area (Å²) < 4.78 is 7.60. The van der Waals surface area contributed by atoms with Crippen LogP contribution in [-0.2, 0) is 9.53 Å². The van der Waals surface area contributed by atoms with Gasteiger partial charge in [0.2, 0.25) is 5.91 Å². The van der Waals surface area contributed by atoms with Gasteiger partial charge in [-0.3, -0.25) is 9.69 Å². The summed E-state index contributed by atoms with van der Waals surface area (Å²) in [5.41, 5.74) is 3.69. The molecule has 2 aliphatic heterocycles. The minimum atomic E-state index is 0.0652. The first-order valence-corrected chi connectivity index (χ1v) is 13.1. The molecule has 6 nitrogen and oxygen atoms in total. The van der Waals surface area contributed by atoms with Crippen LogP contribution in [0.4, 0.5) is 5.69 Å². The molecule has 180 valence electrons. The van der Waals surface area contributed by atoms with Crippen LogP contribution in [0, 0.1) is 0 Å². The van der Waals surface area contributed by atoms with Crippen molar-refractivity contribution in [2.75, 3.05) is 71.5 Å². The average molecular weight is 471 g/mol. The molecule has 7 heteroatoms. The highest BCUT2D eigenvalue weighted by Crippen LogP contribution is 2.35. The Balaban J connectivity index is 1.24. The van der Waals surface area contributed by atoms with Crippen LogP contribution >= 0.6 is 11.9 Å². The van der Waals surface area contributed by atoms with Crippen molar-refractivity contribution in [1.82, 2.24) is 14.5 Å². The van der Waals surface area contributed by atoms with Crippen LogP contribution < -0.4 is 10.2 Å². The summed E-state index contributed by atoms with van der Waals surface area (Å²) in [6.07, 6.45) is 10.1. The van der Waals surface area contributed by atoms with Crippen molar-refractivity contribution in [2.45, 2.75) is 30.4 Å². The fourth-order valence-electron chi connectivity index (χ4n) is 4.85. The van der Waals surface area contributed by atoms with Crippen molar-refractivity contribution in [3.63, 3.8) is 0 Å². The third-order valence-corrected chi connectivity index (χ3v) is 8.26. The molecule has 1 fully saturated rings.